The van der Waals surface area contributed by atoms with Crippen LogP contribution in [0.2, 0.25) is 0 Å². The molecule has 1 rings (SSSR count). The SMILES string of the molecule is CCOCCN(CCOCC)C(=N)C1CCCCC1. The van der Waals surface area contributed by atoms with Crippen molar-refractivity contribution in [2.75, 3.05) is 39.5 Å². The van der Waals surface area contributed by atoms with E-state index in [0.29, 0.717) is 19.1 Å². The van der Waals surface area contributed by atoms with Crippen molar-refractivity contribution < 1.29 is 9.47 Å². The molecule has 0 saturated heterocycles. The maximum absolute atomic E-state index is 8.43. The van der Waals surface area contributed by atoms with Gasteiger partial charge >= 0.3 is 0 Å². The van der Waals surface area contributed by atoms with Crippen LogP contribution in [0.5, 0.6) is 0 Å². The van der Waals surface area contributed by atoms with Gasteiger partial charge < -0.3 is 14.4 Å². The summed E-state index contributed by atoms with van der Waals surface area (Å²) >= 11 is 0. The molecule has 0 aromatic heterocycles. The Hall–Kier alpha value is -0.610. The van der Waals surface area contributed by atoms with Crippen LogP contribution in [-0.4, -0.2) is 50.3 Å². The lowest BCUT2D eigenvalue weighted by Crippen LogP contribution is -2.40. The Bertz CT molecular complexity index is 230. The van der Waals surface area contributed by atoms with Crippen LogP contribution >= 0.6 is 0 Å². The summed E-state index contributed by atoms with van der Waals surface area (Å²) in [4.78, 5) is 2.15. The molecule has 0 amide bonds. The summed E-state index contributed by atoms with van der Waals surface area (Å²) in [5.74, 6) is 1.26. The lowest BCUT2D eigenvalue weighted by atomic mass is 9.88. The topological polar surface area (TPSA) is 45.6 Å². The van der Waals surface area contributed by atoms with Gasteiger partial charge in [0.2, 0.25) is 0 Å². The minimum atomic E-state index is 0.456. The standard InChI is InChI=1S/C15H30N2O2/c1-3-18-12-10-17(11-13-19-4-2)15(16)14-8-6-5-7-9-14/h14,16H,3-13H2,1-2H3. The molecule has 1 aliphatic carbocycles. The van der Waals surface area contributed by atoms with Gasteiger partial charge in [0, 0.05) is 32.2 Å². The Morgan fingerprint density at radius 2 is 1.53 bits per heavy atom. The fourth-order valence-corrected chi connectivity index (χ4v) is 2.63. The summed E-state index contributed by atoms with van der Waals surface area (Å²) in [5.41, 5.74) is 0. The third-order valence-corrected chi connectivity index (χ3v) is 3.75. The molecule has 4 nitrogen and oxygen atoms in total. The molecule has 0 heterocycles. The van der Waals surface area contributed by atoms with Crippen LogP contribution in [0, 0.1) is 11.3 Å². The maximum atomic E-state index is 8.43. The number of amidine groups is 1. The second-order valence-corrected chi connectivity index (χ2v) is 5.10. The van der Waals surface area contributed by atoms with Crippen LogP contribution < -0.4 is 0 Å². The van der Waals surface area contributed by atoms with E-state index in [2.05, 4.69) is 4.90 Å². The fourth-order valence-electron chi connectivity index (χ4n) is 2.63. The molecule has 0 bridgehead atoms. The molecule has 0 unspecified atom stereocenters. The molecule has 19 heavy (non-hydrogen) atoms. The van der Waals surface area contributed by atoms with Crippen molar-refractivity contribution in [1.29, 1.82) is 5.41 Å². The molecular weight excluding hydrogens is 240 g/mol. The predicted molar refractivity (Wildman–Crippen MR) is 78.9 cm³/mol. The number of rotatable bonds is 9. The highest BCUT2D eigenvalue weighted by Crippen LogP contribution is 2.25. The molecular formula is C15H30N2O2. The van der Waals surface area contributed by atoms with Crippen molar-refractivity contribution in [3.8, 4) is 0 Å². The van der Waals surface area contributed by atoms with E-state index in [0.717, 1.165) is 32.1 Å². The van der Waals surface area contributed by atoms with Gasteiger partial charge in [-0.2, -0.15) is 0 Å². The third kappa shape index (κ3) is 6.39. The van der Waals surface area contributed by atoms with Gasteiger partial charge in [-0.05, 0) is 26.7 Å². The Balaban J connectivity index is 2.41. The normalized spacial score (nSPS) is 16.5. The molecule has 0 spiro atoms. The van der Waals surface area contributed by atoms with E-state index >= 15 is 0 Å². The van der Waals surface area contributed by atoms with E-state index in [1.54, 1.807) is 0 Å². The van der Waals surface area contributed by atoms with Crippen molar-refractivity contribution in [2.45, 2.75) is 46.0 Å². The molecule has 0 atom stereocenters. The molecule has 4 heteroatoms. The molecule has 1 aliphatic rings. The van der Waals surface area contributed by atoms with Crippen molar-refractivity contribution in [3.05, 3.63) is 0 Å². The summed E-state index contributed by atoms with van der Waals surface area (Å²) < 4.78 is 10.9. The average Bonchev–Trinajstić information content (AvgIpc) is 2.46. The Labute approximate surface area is 118 Å². The van der Waals surface area contributed by atoms with Crippen molar-refractivity contribution in [1.82, 2.24) is 4.90 Å². The Kier molecular flexibility index (Phi) is 8.84. The first-order valence-corrected chi connectivity index (χ1v) is 7.78. The Morgan fingerprint density at radius 3 is 2.00 bits per heavy atom. The van der Waals surface area contributed by atoms with Gasteiger partial charge in [0.1, 0.15) is 0 Å². The largest absolute Gasteiger partial charge is 0.380 e. The van der Waals surface area contributed by atoms with E-state index in [1.807, 2.05) is 13.8 Å². The first-order chi connectivity index (χ1) is 9.29. The van der Waals surface area contributed by atoms with Gasteiger partial charge in [-0.25, -0.2) is 0 Å². The second kappa shape index (κ2) is 10.2. The summed E-state index contributed by atoms with van der Waals surface area (Å²) in [6.07, 6.45) is 6.24. The molecule has 1 fully saturated rings. The van der Waals surface area contributed by atoms with Gasteiger partial charge in [0.15, 0.2) is 0 Å². The summed E-state index contributed by atoms with van der Waals surface area (Å²) in [5, 5.41) is 8.43. The zero-order valence-corrected chi connectivity index (χ0v) is 12.6. The zero-order chi connectivity index (χ0) is 13.9. The predicted octanol–water partition coefficient (Wildman–Crippen LogP) is 2.92. The van der Waals surface area contributed by atoms with Crippen molar-refractivity contribution in [3.63, 3.8) is 0 Å². The molecule has 0 aromatic carbocycles. The highest BCUT2D eigenvalue weighted by Gasteiger charge is 2.22. The quantitative estimate of drug-likeness (QED) is 0.398. The second-order valence-electron chi connectivity index (χ2n) is 5.10. The molecule has 1 saturated carbocycles. The highest BCUT2D eigenvalue weighted by molar-refractivity contribution is 5.81. The highest BCUT2D eigenvalue weighted by atomic mass is 16.5. The van der Waals surface area contributed by atoms with Crippen LogP contribution in [0.15, 0.2) is 0 Å². The minimum Gasteiger partial charge on any atom is -0.380 e. The van der Waals surface area contributed by atoms with E-state index < -0.39 is 0 Å². The third-order valence-electron chi connectivity index (χ3n) is 3.75. The fraction of sp³-hybridized carbons (Fsp3) is 0.933. The summed E-state index contributed by atoms with van der Waals surface area (Å²) in [6.45, 7) is 8.56. The lowest BCUT2D eigenvalue weighted by molar-refractivity contribution is 0.104. The number of hydrogen-bond donors (Lipinski definition) is 1. The number of ether oxygens (including phenoxy) is 2. The molecule has 0 radical (unpaired) electrons. The zero-order valence-electron chi connectivity index (χ0n) is 12.6. The molecule has 0 aliphatic heterocycles. The first-order valence-electron chi connectivity index (χ1n) is 7.78. The smallest absolute Gasteiger partial charge is 0.0991 e. The average molecular weight is 270 g/mol. The molecule has 112 valence electrons. The lowest BCUT2D eigenvalue weighted by Gasteiger charge is -2.32. The van der Waals surface area contributed by atoms with Gasteiger partial charge in [-0.15, -0.1) is 0 Å². The number of hydrogen-bond acceptors (Lipinski definition) is 3. The number of nitrogens with one attached hydrogen (secondary N) is 1. The number of nitrogens with zero attached hydrogens (tertiary/aromatic N) is 1. The van der Waals surface area contributed by atoms with Gasteiger partial charge in [-0.1, -0.05) is 19.3 Å². The minimum absolute atomic E-state index is 0.456. The van der Waals surface area contributed by atoms with E-state index in [-0.39, 0.29) is 0 Å². The van der Waals surface area contributed by atoms with Crippen molar-refractivity contribution in [2.24, 2.45) is 5.92 Å². The molecule has 0 aromatic rings. The van der Waals surface area contributed by atoms with Gasteiger partial charge in [0.05, 0.1) is 19.0 Å². The van der Waals surface area contributed by atoms with Crippen molar-refractivity contribution >= 4 is 5.84 Å². The summed E-state index contributed by atoms with van der Waals surface area (Å²) in [7, 11) is 0. The van der Waals surface area contributed by atoms with Gasteiger partial charge in [0.25, 0.3) is 0 Å². The first kappa shape index (κ1) is 16.4. The van der Waals surface area contributed by atoms with E-state index in [4.69, 9.17) is 14.9 Å². The monoisotopic (exact) mass is 270 g/mol. The Morgan fingerprint density at radius 1 is 1.00 bits per heavy atom. The van der Waals surface area contributed by atoms with Crippen LogP contribution in [0.1, 0.15) is 46.0 Å². The van der Waals surface area contributed by atoms with E-state index in [9.17, 15) is 0 Å². The van der Waals surface area contributed by atoms with Crippen LogP contribution in [0.4, 0.5) is 0 Å². The molecule has 1 N–H and O–H groups in total. The van der Waals surface area contributed by atoms with E-state index in [1.165, 1.54) is 32.1 Å². The van der Waals surface area contributed by atoms with Gasteiger partial charge in [-0.3, -0.25) is 5.41 Å². The summed E-state index contributed by atoms with van der Waals surface area (Å²) in [6, 6.07) is 0. The maximum Gasteiger partial charge on any atom is 0.0991 e. The van der Waals surface area contributed by atoms with Crippen LogP contribution in [0.3, 0.4) is 0 Å². The van der Waals surface area contributed by atoms with Crippen LogP contribution in [-0.2, 0) is 9.47 Å². The van der Waals surface area contributed by atoms with Crippen LogP contribution in [0.25, 0.3) is 0 Å².